The molecule has 6 heteroatoms. The van der Waals surface area contributed by atoms with E-state index < -0.39 is 21.0 Å². The molecule has 0 saturated heterocycles. The molecule has 3 aromatic rings. The lowest BCUT2D eigenvalue weighted by atomic mass is 10.1. The molecule has 1 atom stereocenters. The van der Waals surface area contributed by atoms with Gasteiger partial charge in [0.1, 0.15) is 11.1 Å². The van der Waals surface area contributed by atoms with Crippen molar-refractivity contribution >= 4 is 21.8 Å². The fourth-order valence-electron chi connectivity index (χ4n) is 2.85. The van der Waals surface area contributed by atoms with Crippen LogP contribution < -0.4 is 5.32 Å². The molecule has 1 amide bonds. The van der Waals surface area contributed by atoms with Crippen LogP contribution in [0.15, 0.2) is 95.9 Å². The average molecular weight is 409 g/mol. The topological polar surface area (TPSA) is 63.2 Å². The molecule has 4 nitrogen and oxygen atoms in total. The maximum absolute atomic E-state index is 13.2. The molecule has 0 unspecified atom stereocenters. The highest BCUT2D eigenvalue weighted by Crippen LogP contribution is 2.28. The second-order valence-corrected chi connectivity index (χ2v) is 8.52. The number of hydrogen-bond acceptors (Lipinski definition) is 3. The van der Waals surface area contributed by atoms with Gasteiger partial charge in [-0.2, -0.15) is 0 Å². The molecule has 29 heavy (non-hydrogen) atoms. The van der Waals surface area contributed by atoms with Crippen molar-refractivity contribution in [3.63, 3.8) is 0 Å². The van der Waals surface area contributed by atoms with Crippen molar-refractivity contribution in [1.82, 2.24) is 5.32 Å². The quantitative estimate of drug-likeness (QED) is 0.596. The Kier molecular flexibility index (Phi) is 6.57. The molecular formula is C23H20FNO3S. The fourth-order valence-corrected chi connectivity index (χ4v) is 4.53. The first-order valence-corrected chi connectivity index (χ1v) is 10.6. The van der Waals surface area contributed by atoms with E-state index in [2.05, 4.69) is 5.32 Å². The molecule has 0 aliphatic heterocycles. The van der Waals surface area contributed by atoms with Crippen LogP contribution in [0.5, 0.6) is 0 Å². The molecule has 0 heterocycles. The lowest BCUT2D eigenvalue weighted by molar-refractivity contribution is -0.116. The highest BCUT2D eigenvalue weighted by atomic mass is 32.2. The molecule has 0 saturated carbocycles. The largest absolute Gasteiger partial charge is 0.351 e. The predicted octanol–water partition coefficient (Wildman–Crippen LogP) is 4.17. The van der Waals surface area contributed by atoms with Crippen LogP contribution in [-0.2, 0) is 14.6 Å². The maximum Gasteiger partial charge on any atom is 0.244 e. The van der Waals surface area contributed by atoms with Crippen molar-refractivity contribution in [3.8, 4) is 0 Å². The summed E-state index contributed by atoms with van der Waals surface area (Å²) >= 11 is 0. The molecule has 0 bridgehead atoms. The van der Waals surface area contributed by atoms with E-state index in [4.69, 9.17) is 0 Å². The zero-order valence-electron chi connectivity index (χ0n) is 15.5. The molecule has 0 aromatic heterocycles. The Morgan fingerprint density at radius 1 is 0.897 bits per heavy atom. The maximum atomic E-state index is 13.2. The first-order chi connectivity index (χ1) is 14.0. The van der Waals surface area contributed by atoms with Crippen LogP contribution in [0.25, 0.3) is 6.08 Å². The SMILES string of the molecule is O=C(/C=C/c1ccc(F)cc1)NC[C@@H](c1ccccc1)S(=O)(=O)c1ccccc1. The molecule has 0 aliphatic carbocycles. The minimum atomic E-state index is -3.70. The Hall–Kier alpha value is -3.25. The summed E-state index contributed by atoms with van der Waals surface area (Å²) in [5, 5.41) is 1.74. The van der Waals surface area contributed by atoms with E-state index in [9.17, 15) is 17.6 Å². The van der Waals surface area contributed by atoms with Gasteiger partial charge in [-0.15, -0.1) is 0 Å². The smallest absolute Gasteiger partial charge is 0.244 e. The van der Waals surface area contributed by atoms with Gasteiger partial charge in [-0.25, -0.2) is 12.8 Å². The summed E-state index contributed by atoms with van der Waals surface area (Å²) in [6.45, 7) is -0.0756. The highest BCUT2D eigenvalue weighted by Gasteiger charge is 2.29. The first kappa shape index (κ1) is 20.5. The van der Waals surface area contributed by atoms with Crippen molar-refractivity contribution in [2.24, 2.45) is 0 Å². The molecule has 148 valence electrons. The molecule has 0 aliphatic rings. The van der Waals surface area contributed by atoms with Gasteiger partial charge in [-0.05, 0) is 41.5 Å². The van der Waals surface area contributed by atoms with E-state index in [1.807, 2.05) is 0 Å². The van der Waals surface area contributed by atoms with Crippen LogP contribution in [0.3, 0.4) is 0 Å². The van der Waals surface area contributed by atoms with Gasteiger partial charge in [0.25, 0.3) is 0 Å². The second-order valence-electron chi connectivity index (χ2n) is 6.39. The van der Waals surface area contributed by atoms with Crippen LogP contribution in [0.1, 0.15) is 16.4 Å². The minimum absolute atomic E-state index is 0.0756. The normalized spacial score (nSPS) is 12.6. The number of halogens is 1. The Bertz CT molecular complexity index is 1080. The molecule has 0 radical (unpaired) electrons. The summed E-state index contributed by atoms with van der Waals surface area (Å²) < 4.78 is 39.3. The van der Waals surface area contributed by atoms with Gasteiger partial charge in [-0.3, -0.25) is 4.79 Å². The van der Waals surface area contributed by atoms with Crippen molar-refractivity contribution < 1.29 is 17.6 Å². The zero-order valence-corrected chi connectivity index (χ0v) is 16.3. The van der Waals surface area contributed by atoms with Gasteiger partial charge in [0.2, 0.25) is 5.91 Å². The lowest BCUT2D eigenvalue weighted by Gasteiger charge is -2.18. The van der Waals surface area contributed by atoms with Crippen molar-refractivity contribution in [1.29, 1.82) is 0 Å². The third-order valence-corrected chi connectivity index (χ3v) is 6.49. The van der Waals surface area contributed by atoms with Gasteiger partial charge in [-0.1, -0.05) is 60.7 Å². The van der Waals surface area contributed by atoms with E-state index in [0.717, 1.165) is 0 Å². The monoisotopic (exact) mass is 409 g/mol. The molecule has 1 N–H and O–H groups in total. The number of benzene rings is 3. The Labute approximate surface area is 169 Å². The standard InChI is InChI=1S/C23H20FNO3S/c24-20-14-11-18(12-15-20)13-16-23(26)25-17-22(19-7-3-1-4-8-19)29(27,28)21-9-5-2-6-10-21/h1-16,22H,17H2,(H,25,26)/b16-13+/t22-/m0/s1. The van der Waals surface area contributed by atoms with Crippen LogP contribution in [0, 0.1) is 5.82 Å². The van der Waals surface area contributed by atoms with Crippen LogP contribution in [-0.4, -0.2) is 20.9 Å². The zero-order chi connectivity index (χ0) is 20.7. The number of hydrogen-bond donors (Lipinski definition) is 1. The predicted molar refractivity (Wildman–Crippen MR) is 111 cm³/mol. The lowest BCUT2D eigenvalue weighted by Crippen LogP contribution is -2.30. The van der Waals surface area contributed by atoms with Gasteiger partial charge in [0.05, 0.1) is 4.90 Å². The summed E-state index contributed by atoms with van der Waals surface area (Å²) in [5.41, 5.74) is 1.26. The summed E-state index contributed by atoms with van der Waals surface area (Å²) in [4.78, 5) is 12.4. The average Bonchev–Trinajstić information content (AvgIpc) is 2.75. The molecular weight excluding hydrogens is 389 g/mol. The second kappa shape index (κ2) is 9.30. The fraction of sp³-hybridized carbons (Fsp3) is 0.0870. The number of sulfone groups is 1. The van der Waals surface area contributed by atoms with E-state index in [0.29, 0.717) is 11.1 Å². The van der Waals surface area contributed by atoms with Gasteiger partial charge in [0.15, 0.2) is 9.84 Å². The van der Waals surface area contributed by atoms with Gasteiger partial charge in [0, 0.05) is 12.6 Å². The van der Waals surface area contributed by atoms with Crippen molar-refractivity contribution in [2.75, 3.05) is 6.54 Å². The Morgan fingerprint density at radius 3 is 2.10 bits per heavy atom. The van der Waals surface area contributed by atoms with Crippen molar-refractivity contribution in [2.45, 2.75) is 10.1 Å². The number of carbonyl (C=O) groups excluding carboxylic acids is 1. The summed E-state index contributed by atoms with van der Waals surface area (Å²) in [5.74, 6) is -0.790. The van der Waals surface area contributed by atoms with E-state index in [1.54, 1.807) is 72.8 Å². The van der Waals surface area contributed by atoms with E-state index in [-0.39, 0.29) is 17.3 Å². The third-order valence-electron chi connectivity index (χ3n) is 4.38. The molecule has 3 rings (SSSR count). The first-order valence-electron chi connectivity index (χ1n) is 9.02. The van der Waals surface area contributed by atoms with E-state index >= 15 is 0 Å². The van der Waals surface area contributed by atoms with Gasteiger partial charge >= 0.3 is 0 Å². The number of carbonyl (C=O) groups is 1. The molecule has 0 spiro atoms. The summed E-state index contributed by atoms with van der Waals surface area (Å²) in [6.07, 6.45) is 2.84. The third kappa shape index (κ3) is 5.39. The Morgan fingerprint density at radius 2 is 1.48 bits per heavy atom. The van der Waals surface area contributed by atoms with Gasteiger partial charge < -0.3 is 5.32 Å². The summed E-state index contributed by atoms with van der Waals surface area (Å²) in [6, 6.07) is 22.6. The number of amides is 1. The molecule has 0 fully saturated rings. The number of rotatable bonds is 7. The number of nitrogens with one attached hydrogen (secondary N) is 1. The van der Waals surface area contributed by atoms with Crippen LogP contribution in [0.2, 0.25) is 0 Å². The summed E-state index contributed by atoms with van der Waals surface area (Å²) in [7, 11) is -3.70. The van der Waals surface area contributed by atoms with Crippen LogP contribution >= 0.6 is 0 Å². The molecule has 3 aromatic carbocycles. The minimum Gasteiger partial charge on any atom is -0.351 e. The van der Waals surface area contributed by atoms with Crippen molar-refractivity contribution in [3.05, 3.63) is 108 Å². The highest BCUT2D eigenvalue weighted by molar-refractivity contribution is 7.91. The van der Waals surface area contributed by atoms with Crippen LogP contribution in [0.4, 0.5) is 4.39 Å². The Balaban J connectivity index is 1.77. The van der Waals surface area contributed by atoms with E-state index in [1.165, 1.54) is 24.3 Å².